The fraction of sp³-hybridized carbons (Fsp3) is 0.250. The third-order valence-corrected chi connectivity index (χ3v) is 8.43. The summed E-state index contributed by atoms with van der Waals surface area (Å²) in [6.45, 7) is 4.88. The van der Waals surface area contributed by atoms with Crippen LogP contribution in [0.1, 0.15) is 34.7 Å². The number of carbonyl (C=O) groups is 1. The number of nitrogens with zero attached hydrogens (tertiary/aromatic N) is 8. The van der Waals surface area contributed by atoms with Crippen LogP contribution in [0.3, 0.4) is 0 Å². The molecule has 7 rings (SSSR count). The van der Waals surface area contributed by atoms with Gasteiger partial charge < -0.3 is 10.6 Å². The van der Waals surface area contributed by atoms with Crippen molar-refractivity contribution < 1.29 is 4.79 Å². The van der Waals surface area contributed by atoms with Crippen LogP contribution in [-0.2, 0) is 6.54 Å². The Kier molecular flexibility index (Phi) is 6.36. The maximum absolute atomic E-state index is 11.8. The standard InChI is InChI=1S/C32H29N9O/c33-18-26-35-15-12-27(36-26)40-17-14-32(21-40)13-16-39(20-32)19-22-6-8-23(9-7-22)29-30(24-4-2-1-3-5-24)41-28(37-29)11-10-25(38-41)31(34)42/h1-12,15H,13-14,16-17,19-21H2,(H2,34,42)/t32-/m1/s1. The highest BCUT2D eigenvalue weighted by Gasteiger charge is 2.43. The first-order valence-electron chi connectivity index (χ1n) is 14.1. The fourth-order valence-electron chi connectivity index (χ4n) is 6.35. The van der Waals surface area contributed by atoms with Crippen LogP contribution in [0.25, 0.3) is 28.2 Å². The number of aromatic nitrogens is 5. The molecular formula is C32H29N9O. The maximum Gasteiger partial charge on any atom is 0.269 e. The molecule has 5 aromatic rings. The Balaban J connectivity index is 1.10. The molecule has 208 valence electrons. The van der Waals surface area contributed by atoms with Crippen LogP contribution < -0.4 is 10.6 Å². The first kappa shape index (κ1) is 25.8. The van der Waals surface area contributed by atoms with E-state index in [1.807, 2.05) is 42.5 Å². The Morgan fingerprint density at radius 2 is 1.74 bits per heavy atom. The van der Waals surface area contributed by atoms with E-state index >= 15 is 0 Å². The summed E-state index contributed by atoms with van der Waals surface area (Å²) in [5, 5.41) is 13.7. The molecule has 0 unspecified atom stereocenters. The minimum Gasteiger partial charge on any atom is -0.364 e. The van der Waals surface area contributed by atoms with Crippen molar-refractivity contribution in [2.75, 3.05) is 31.1 Å². The molecule has 2 aliphatic heterocycles. The van der Waals surface area contributed by atoms with Gasteiger partial charge in [-0.3, -0.25) is 9.69 Å². The summed E-state index contributed by atoms with van der Waals surface area (Å²) in [5.41, 5.74) is 11.4. The smallest absolute Gasteiger partial charge is 0.269 e. The normalized spacial score (nSPS) is 18.6. The quantitative estimate of drug-likeness (QED) is 0.334. The van der Waals surface area contributed by atoms with Crippen molar-refractivity contribution in [3.05, 3.63) is 96.1 Å². The van der Waals surface area contributed by atoms with E-state index in [0.29, 0.717) is 5.65 Å². The molecule has 2 fully saturated rings. The van der Waals surface area contributed by atoms with Gasteiger partial charge in [0.2, 0.25) is 5.82 Å². The van der Waals surface area contributed by atoms with Crippen LogP contribution >= 0.6 is 0 Å². The molecule has 42 heavy (non-hydrogen) atoms. The summed E-state index contributed by atoms with van der Waals surface area (Å²) in [4.78, 5) is 30.0. The van der Waals surface area contributed by atoms with Gasteiger partial charge in [0, 0.05) is 48.9 Å². The van der Waals surface area contributed by atoms with Gasteiger partial charge in [-0.15, -0.1) is 0 Å². The number of amides is 1. The molecule has 10 nitrogen and oxygen atoms in total. The predicted octanol–water partition coefficient (Wildman–Crippen LogP) is 3.93. The Morgan fingerprint density at radius 1 is 0.929 bits per heavy atom. The van der Waals surface area contributed by atoms with Crippen LogP contribution in [-0.4, -0.2) is 61.6 Å². The molecule has 5 heterocycles. The number of hydrogen-bond donors (Lipinski definition) is 1. The lowest BCUT2D eigenvalue weighted by Crippen LogP contribution is -2.31. The van der Waals surface area contributed by atoms with Crippen molar-refractivity contribution in [2.24, 2.45) is 11.1 Å². The second-order valence-electron chi connectivity index (χ2n) is 11.2. The number of primary amides is 1. The molecular weight excluding hydrogens is 526 g/mol. The highest BCUT2D eigenvalue weighted by Crippen LogP contribution is 2.41. The van der Waals surface area contributed by atoms with E-state index in [4.69, 9.17) is 10.7 Å². The lowest BCUT2D eigenvalue weighted by atomic mass is 9.86. The van der Waals surface area contributed by atoms with Crippen molar-refractivity contribution in [1.82, 2.24) is 29.5 Å². The molecule has 3 aromatic heterocycles. The van der Waals surface area contributed by atoms with Gasteiger partial charge in [-0.1, -0.05) is 54.6 Å². The van der Waals surface area contributed by atoms with Gasteiger partial charge in [0.15, 0.2) is 5.65 Å². The molecule has 2 N–H and O–H groups in total. The number of hydrogen-bond acceptors (Lipinski definition) is 8. The van der Waals surface area contributed by atoms with Crippen LogP contribution in [0.5, 0.6) is 0 Å². The zero-order chi connectivity index (χ0) is 28.7. The van der Waals surface area contributed by atoms with Gasteiger partial charge in [0.05, 0.1) is 5.69 Å². The Labute approximate surface area is 243 Å². The molecule has 2 aliphatic rings. The average molecular weight is 556 g/mol. The topological polar surface area (TPSA) is 129 Å². The zero-order valence-corrected chi connectivity index (χ0v) is 23.0. The Hall–Kier alpha value is -5.14. The third-order valence-electron chi connectivity index (χ3n) is 8.43. The molecule has 1 spiro atoms. The number of imidazole rings is 1. The maximum atomic E-state index is 11.8. The number of fused-ring (bicyclic) bond motifs is 1. The second-order valence-corrected chi connectivity index (χ2v) is 11.2. The summed E-state index contributed by atoms with van der Waals surface area (Å²) < 4.78 is 1.70. The van der Waals surface area contributed by atoms with Gasteiger partial charge in [0.1, 0.15) is 23.3 Å². The van der Waals surface area contributed by atoms with E-state index in [9.17, 15) is 10.1 Å². The van der Waals surface area contributed by atoms with E-state index in [1.165, 1.54) is 5.56 Å². The van der Waals surface area contributed by atoms with E-state index in [-0.39, 0.29) is 16.9 Å². The van der Waals surface area contributed by atoms with Gasteiger partial charge in [-0.05, 0) is 43.1 Å². The van der Waals surface area contributed by atoms with Crippen molar-refractivity contribution in [3.8, 4) is 28.6 Å². The van der Waals surface area contributed by atoms with E-state index in [1.54, 1.807) is 22.8 Å². The summed E-state index contributed by atoms with van der Waals surface area (Å²) in [6, 6.07) is 25.8. The van der Waals surface area contributed by atoms with Gasteiger partial charge in [-0.25, -0.2) is 19.5 Å². The van der Waals surface area contributed by atoms with Crippen molar-refractivity contribution in [3.63, 3.8) is 0 Å². The van der Waals surface area contributed by atoms with Gasteiger partial charge in [-0.2, -0.15) is 10.4 Å². The number of anilines is 1. The number of likely N-dealkylation sites (tertiary alicyclic amines) is 1. The van der Waals surface area contributed by atoms with Crippen LogP contribution in [0, 0.1) is 16.7 Å². The number of carbonyl (C=O) groups excluding carboxylic acids is 1. The lowest BCUT2D eigenvalue weighted by molar-refractivity contribution is 0.0994. The van der Waals surface area contributed by atoms with Crippen molar-refractivity contribution >= 4 is 17.4 Å². The molecule has 1 atom stereocenters. The average Bonchev–Trinajstić information content (AvgIpc) is 3.74. The molecule has 2 aromatic carbocycles. The monoisotopic (exact) mass is 555 g/mol. The van der Waals surface area contributed by atoms with Gasteiger partial charge in [0.25, 0.3) is 5.91 Å². The second kappa shape index (κ2) is 10.4. The third kappa shape index (κ3) is 4.74. The van der Waals surface area contributed by atoms with E-state index < -0.39 is 5.91 Å². The zero-order valence-electron chi connectivity index (χ0n) is 23.0. The van der Waals surface area contributed by atoms with Crippen LogP contribution in [0.2, 0.25) is 0 Å². The Bertz CT molecular complexity index is 1830. The van der Waals surface area contributed by atoms with Crippen molar-refractivity contribution in [1.29, 1.82) is 5.26 Å². The predicted molar refractivity (Wildman–Crippen MR) is 158 cm³/mol. The SMILES string of the molecule is N#Cc1nccc(N2CC[C@@]3(CCN(Cc4ccc(-c5nc6ccc(C(N)=O)nn6c5-c5ccccc5)cc4)C3)C2)n1. The molecule has 0 bridgehead atoms. The van der Waals surface area contributed by atoms with E-state index in [0.717, 1.165) is 73.9 Å². The number of nitrogens with two attached hydrogens (primary N) is 1. The highest BCUT2D eigenvalue weighted by molar-refractivity contribution is 5.91. The number of rotatable bonds is 6. The highest BCUT2D eigenvalue weighted by atomic mass is 16.1. The van der Waals surface area contributed by atoms with Crippen molar-refractivity contribution in [2.45, 2.75) is 19.4 Å². The first-order chi connectivity index (χ1) is 20.5. The summed E-state index contributed by atoms with van der Waals surface area (Å²) in [7, 11) is 0. The molecule has 10 heteroatoms. The van der Waals surface area contributed by atoms with Crippen LogP contribution in [0.15, 0.2) is 79.0 Å². The fourth-order valence-corrected chi connectivity index (χ4v) is 6.35. The number of benzene rings is 2. The molecule has 0 aliphatic carbocycles. The summed E-state index contributed by atoms with van der Waals surface area (Å²) in [5.74, 6) is 0.484. The summed E-state index contributed by atoms with van der Waals surface area (Å²) >= 11 is 0. The minimum absolute atomic E-state index is 0.191. The lowest BCUT2D eigenvalue weighted by Gasteiger charge is -2.25. The molecule has 2 saturated heterocycles. The van der Waals surface area contributed by atoms with Gasteiger partial charge >= 0.3 is 0 Å². The summed E-state index contributed by atoms with van der Waals surface area (Å²) in [6.07, 6.45) is 3.94. The number of nitriles is 1. The largest absolute Gasteiger partial charge is 0.364 e. The minimum atomic E-state index is -0.577. The molecule has 0 saturated carbocycles. The molecule has 1 amide bonds. The Morgan fingerprint density at radius 3 is 2.52 bits per heavy atom. The van der Waals surface area contributed by atoms with Crippen LogP contribution in [0.4, 0.5) is 5.82 Å². The van der Waals surface area contributed by atoms with E-state index in [2.05, 4.69) is 49.1 Å². The molecule has 0 radical (unpaired) electrons. The first-order valence-corrected chi connectivity index (χ1v) is 14.1.